The number of urea groups is 1. The third-order valence-electron chi connectivity index (χ3n) is 2.07. The van der Waals surface area contributed by atoms with Crippen molar-refractivity contribution in [1.82, 2.24) is 4.98 Å². The second kappa shape index (κ2) is 5.97. The summed E-state index contributed by atoms with van der Waals surface area (Å²) in [5.41, 5.74) is 0.714. The number of carbonyl (C=O) groups is 1. The number of hydrogen-bond acceptors (Lipinski definition) is 2. The van der Waals surface area contributed by atoms with Gasteiger partial charge in [0.1, 0.15) is 5.82 Å². The van der Waals surface area contributed by atoms with Gasteiger partial charge < -0.3 is 5.32 Å². The Morgan fingerprint density at radius 2 is 1.72 bits per heavy atom. The Balaban J connectivity index is 1.98. The number of aromatic nitrogens is 1. The smallest absolute Gasteiger partial charge is 0.308 e. The summed E-state index contributed by atoms with van der Waals surface area (Å²) in [4.78, 5) is 15.7. The SMILES string of the molecule is O=C(Nc1ccc(Br)cc1)Nc1cc(Br)ccn1. The Bertz CT molecular complexity index is 558. The van der Waals surface area contributed by atoms with Crippen molar-refractivity contribution in [2.75, 3.05) is 10.6 Å². The summed E-state index contributed by atoms with van der Waals surface area (Å²) < 4.78 is 1.82. The number of rotatable bonds is 2. The first-order valence-electron chi connectivity index (χ1n) is 5.08. The maximum absolute atomic E-state index is 11.7. The van der Waals surface area contributed by atoms with E-state index in [4.69, 9.17) is 0 Å². The van der Waals surface area contributed by atoms with Crippen molar-refractivity contribution in [3.8, 4) is 0 Å². The van der Waals surface area contributed by atoms with Gasteiger partial charge in [0.25, 0.3) is 0 Å². The zero-order valence-corrected chi connectivity index (χ0v) is 12.3. The van der Waals surface area contributed by atoms with Crippen LogP contribution in [0.1, 0.15) is 0 Å². The van der Waals surface area contributed by atoms with E-state index in [9.17, 15) is 4.79 Å². The lowest BCUT2D eigenvalue weighted by Gasteiger charge is -2.07. The fraction of sp³-hybridized carbons (Fsp3) is 0. The summed E-state index contributed by atoms with van der Waals surface area (Å²) in [6.45, 7) is 0. The lowest BCUT2D eigenvalue weighted by atomic mass is 10.3. The van der Waals surface area contributed by atoms with Crippen LogP contribution in [-0.2, 0) is 0 Å². The third-order valence-corrected chi connectivity index (χ3v) is 3.09. The molecule has 6 heteroatoms. The topological polar surface area (TPSA) is 54.0 Å². The normalized spacial score (nSPS) is 9.89. The minimum absolute atomic E-state index is 0.331. The molecule has 0 atom stereocenters. The Morgan fingerprint density at radius 3 is 2.39 bits per heavy atom. The van der Waals surface area contributed by atoms with Crippen LogP contribution < -0.4 is 10.6 Å². The minimum atomic E-state index is -0.331. The molecule has 2 N–H and O–H groups in total. The van der Waals surface area contributed by atoms with Gasteiger partial charge in [0, 0.05) is 20.8 Å². The highest BCUT2D eigenvalue weighted by Crippen LogP contribution is 2.15. The molecule has 1 aromatic carbocycles. The molecular formula is C12H9Br2N3O. The van der Waals surface area contributed by atoms with Crippen LogP contribution in [0, 0.1) is 0 Å². The van der Waals surface area contributed by atoms with Crippen LogP contribution in [0.4, 0.5) is 16.3 Å². The van der Waals surface area contributed by atoms with Gasteiger partial charge in [-0.2, -0.15) is 0 Å². The van der Waals surface area contributed by atoms with Crippen LogP contribution in [0.15, 0.2) is 51.5 Å². The predicted octanol–water partition coefficient (Wildman–Crippen LogP) is 4.25. The van der Waals surface area contributed by atoms with Gasteiger partial charge in [-0.3, -0.25) is 5.32 Å². The monoisotopic (exact) mass is 369 g/mol. The molecule has 4 nitrogen and oxygen atoms in total. The van der Waals surface area contributed by atoms with Crippen LogP contribution in [-0.4, -0.2) is 11.0 Å². The number of nitrogens with one attached hydrogen (secondary N) is 2. The third kappa shape index (κ3) is 3.82. The summed E-state index contributed by atoms with van der Waals surface area (Å²) in [6, 6.07) is 10.5. The van der Waals surface area contributed by atoms with Gasteiger partial charge in [0.2, 0.25) is 0 Å². The van der Waals surface area contributed by atoms with Gasteiger partial charge in [0.05, 0.1) is 0 Å². The summed E-state index contributed by atoms with van der Waals surface area (Å²) in [7, 11) is 0. The van der Waals surface area contributed by atoms with Crippen LogP contribution in [0.5, 0.6) is 0 Å². The summed E-state index contributed by atoms with van der Waals surface area (Å²) in [5, 5.41) is 5.35. The second-order valence-electron chi connectivity index (χ2n) is 3.45. The van der Waals surface area contributed by atoms with E-state index in [0.717, 1.165) is 8.95 Å². The molecule has 1 aromatic heterocycles. The molecule has 2 rings (SSSR count). The van der Waals surface area contributed by atoms with E-state index in [1.165, 1.54) is 0 Å². The molecule has 1 heterocycles. The van der Waals surface area contributed by atoms with Gasteiger partial charge >= 0.3 is 6.03 Å². The second-order valence-corrected chi connectivity index (χ2v) is 5.28. The zero-order chi connectivity index (χ0) is 13.0. The molecule has 0 aliphatic carbocycles. The molecule has 0 saturated heterocycles. The van der Waals surface area contributed by atoms with Gasteiger partial charge in [-0.05, 0) is 36.4 Å². The van der Waals surface area contributed by atoms with E-state index < -0.39 is 0 Å². The van der Waals surface area contributed by atoms with E-state index in [-0.39, 0.29) is 6.03 Å². The average molecular weight is 371 g/mol. The molecule has 0 aliphatic heterocycles. The number of halogens is 2. The van der Waals surface area contributed by atoms with E-state index in [2.05, 4.69) is 47.5 Å². The standard InChI is InChI=1S/C12H9Br2N3O/c13-8-1-3-10(4-2-8)16-12(18)17-11-7-9(14)5-6-15-11/h1-7H,(H2,15,16,17,18). The molecule has 92 valence electrons. The fourth-order valence-corrected chi connectivity index (χ4v) is 1.88. The molecule has 2 amide bonds. The largest absolute Gasteiger partial charge is 0.324 e. The Labute approximate surface area is 121 Å². The molecular weight excluding hydrogens is 362 g/mol. The number of pyridine rings is 1. The lowest BCUT2D eigenvalue weighted by Crippen LogP contribution is -2.19. The summed E-state index contributed by atoms with van der Waals surface area (Å²) in [5.74, 6) is 0.485. The Hall–Kier alpha value is -1.40. The summed E-state index contributed by atoms with van der Waals surface area (Å²) in [6.07, 6.45) is 1.61. The van der Waals surface area contributed by atoms with Crippen molar-refractivity contribution in [3.05, 3.63) is 51.5 Å². The van der Waals surface area contributed by atoms with Crippen molar-refractivity contribution in [3.63, 3.8) is 0 Å². The highest BCUT2D eigenvalue weighted by Gasteiger charge is 2.03. The van der Waals surface area contributed by atoms with Crippen molar-refractivity contribution in [1.29, 1.82) is 0 Å². The minimum Gasteiger partial charge on any atom is -0.308 e. The molecule has 0 fully saturated rings. The van der Waals surface area contributed by atoms with Crippen molar-refractivity contribution < 1.29 is 4.79 Å². The van der Waals surface area contributed by atoms with E-state index >= 15 is 0 Å². The van der Waals surface area contributed by atoms with Gasteiger partial charge in [-0.25, -0.2) is 9.78 Å². The molecule has 18 heavy (non-hydrogen) atoms. The first kappa shape index (κ1) is 13.0. The number of benzene rings is 1. The number of anilines is 2. The quantitative estimate of drug-likeness (QED) is 0.830. The van der Waals surface area contributed by atoms with Gasteiger partial charge in [0.15, 0.2) is 0 Å². The molecule has 0 spiro atoms. The first-order chi connectivity index (χ1) is 8.63. The van der Waals surface area contributed by atoms with Crippen molar-refractivity contribution >= 4 is 49.4 Å². The van der Waals surface area contributed by atoms with Crippen LogP contribution >= 0.6 is 31.9 Å². The highest BCUT2D eigenvalue weighted by atomic mass is 79.9. The van der Waals surface area contributed by atoms with Crippen LogP contribution in [0.2, 0.25) is 0 Å². The number of hydrogen-bond donors (Lipinski definition) is 2. The zero-order valence-electron chi connectivity index (χ0n) is 9.15. The molecule has 0 saturated carbocycles. The molecule has 2 aromatic rings. The number of amides is 2. The molecule has 0 radical (unpaired) electrons. The maximum atomic E-state index is 11.7. The number of carbonyl (C=O) groups excluding carboxylic acids is 1. The highest BCUT2D eigenvalue weighted by molar-refractivity contribution is 9.10. The van der Waals surface area contributed by atoms with Gasteiger partial charge in [-0.15, -0.1) is 0 Å². The average Bonchev–Trinajstić information content (AvgIpc) is 2.32. The lowest BCUT2D eigenvalue weighted by molar-refractivity contribution is 0.262. The molecule has 0 bridgehead atoms. The molecule has 0 unspecified atom stereocenters. The molecule has 0 aliphatic rings. The summed E-state index contributed by atoms with van der Waals surface area (Å²) >= 11 is 6.64. The van der Waals surface area contributed by atoms with Crippen LogP contribution in [0.3, 0.4) is 0 Å². The van der Waals surface area contributed by atoms with Crippen LogP contribution in [0.25, 0.3) is 0 Å². The number of nitrogens with zero attached hydrogens (tertiary/aromatic N) is 1. The first-order valence-corrected chi connectivity index (χ1v) is 6.67. The van der Waals surface area contributed by atoms with Gasteiger partial charge in [-0.1, -0.05) is 31.9 Å². The Morgan fingerprint density at radius 1 is 1.00 bits per heavy atom. The predicted molar refractivity (Wildman–Crippen MR) is 78.7 cm³/mol. The fourth-order valence-electron chi connectivity index (χ4n) is 1.29. The van der Waals surface area contributed by atoms with E-state index in [0.29, 0.717) is 11.5 Å². The Kier molecular flexibility index (Phi) is 4.33. The van der Waals surface area contributed by atoms with Crippen molar-refractivity contribution in [2.24, 2.45) is 0 Å². The van der Waals surface area contributed by atoms with E-state index in [1.54, 1.807) is 30.5 Å². The maximum Gasteiger partial charge on any atom is 0.324 e. The van der Waals surface area contributed by atoms with Crippen molar-refractivity contribution in [2.45, 2.75) is 0 Å². The van der Waals surface area contributed by atoms with E-state index in [1.807, 2.05) is 12.1 Å².